The van der Waals surface area contributed by atoms with Gasteiger partial charge in [-0.05, 0) is 18.6 Å². The Balaban J connectivity index is 1.80. The third-order valence-corrected chi connectivity index (χ3v) is 4.71. The molecule has 1 aliphatic rings. The van der Waals surface area contributed by atoms with E-state index in [1.165, 1.54) is 15.7 Å². The Morgan fingerprint density at radius 3 is 2.89 bits per heavy atom. The van der Waals surface area contributed by atoms with Gasteiger partial charge in [0.05, 0.1) is 19.9 Å². The molecule has 0 aliphatic carbocycles. The van der Waals surface area contributed by atoms with Crippen LogP contribution in [-0.4, -0.2) is 56.4 Å². The van der Waals surface area contributed by atoms with Crippen molar-refractivity contribution >= 4 is 17.2 Å². The first kappa shape index (κ1) is 17.2. The van der Waals surface area contributed by atoms with Crippen molar-refractivity contribution < 1.29 is 13.9 Å². The number of hydrogen-bond donors (Lipinski definition) is 0. The minimum Gasteiger partial charge on any atom is -0.497 e. The lowest BCUT2D eigenvalue weighted by atomic mass is 10.2. The zero-order chi connectivity index (χ0) is 19.1. The maximum Gasteiger partial charge on any atom is 0.338 e. The van der Waals surface area contributed by atoms with Gasteiger partial charge in [0.2, 0.25) is 0 Å². The van der Waals surface area contributed by atoms with E-state index in [4.69, 9.17) is 4.74 Å². The molecular formula is C18H18FN5O3. The van der Waals surface area contributed by atoms with Crippen LogP contribution in [0.15, 0.2) is 35.3 Å². The minimum absolute atomic E-state index is 0.00951. The SMILES string of the molecule is COc1cccc(-c2ncc3c(n2)n(C)c(=O)n3C(=O)N2CC[C@@H](F)C2)c1. The van der Waals surface area contributed by atoms with Crippen LogP contribution in [0.2, 0.25) is 0 Å². The summed E-state index contributed by atoms with van der Waals surface area (Å²) in [6, 6.07) is 6.68. The van der Waals surface area contributed by atoms with Crippen LogP contribution in [-0.2, 0) is 7.05 Å². The Kier molecular flexibility index (Phi) is 4.14. The number of carbonyl (C=O) groups is 1. The highest BCUT2D eigenvalue weighted by molar-refractivity contribution is 5.88. The average Bonchev–Trinajstić information content (AvgIpc) is 3.23. The van der Waals surface area contributed by atoms with E-state index >= 15 is 0 Å². The van der Waals surface area contributed by atoms with Crippen molar-refractivity contribution in [1.29, 1.82) is 0 Å². The molecule has 140 valence electrons. The van der Waals surface area contributed by atoms with Gasteiger partial charge in [0.1, 0.15) is 17.4 Å². The number of hydrogen-bond acceptors (Lipinski definition) is 5. The van der Waals surface area contributed by atoms with Crippen molar-refractivity contribution in [1.82, 2.24) is 24.0 Å². The molecule has 1 saturated heterocycles. The lowest BCUT2D eigenvalue weighted by Crippen LogP contribution is -2.39. The van der Waals surface area contributed by atoms with Crippen LogP contribution in [0, 0.1) is 0 Å². The Bertz CT molecular complexity index is 1090. The van der Waals surface area contributed by atoms with Crippen molar-refractivity contribution in [2.24, 2.45) is 7.05 Å². The molecule has 3 aromatic rings. The van der Waals surface area contributed by atoms with Crippen molar-refractivity contribution in [2.45, 2.75) is 12.6 Å². The predicted octanol–water partition coefficient (Wildman–Crippen LogP) is 1.82. The molecule has 1 aliphatic heterocycles. The zero-order valence-electron chi connectivity index (χ0n) is 14.9. The van der Waals surface area contributed by atoms with Gasteiger partial charge in [-0.25, -0.2) is 28.5 Å². The summed E-state index contributed by atoms with van der Waals surface area (Å²) in [5.41, 5.74) is 0.815. The number of imidazole rings is 1. The summed E-state index contributed by atoms with van der Waals surface area (Å²) in [6.07, 6.45) is 0.664. The number of methoxy groups -OCH3 is 1. The van der Waals surface area contributed by atoms with Gasteiger partial charge in [-0.15, -0.1) is 0 Å². The standard InChI is InChI=1S/C18H18FN5O3/c1-22-16-14(24(17(22)25)18(26)23-7-6-12(19)10-23)9-20-15(21-16)11-4-3-5-13(8-11)27-2/h3-5,8-9,12H,6-7,10H2,1-2H3/t12-/m1/s1. The number of fused-ring (bicyclic) bond motifs is 1. The molecule has 1 fully saturated rings. The third kappa shape index (κ3) is 2.84. The van der Waals surface area contributed by atoms with Crippen molar-refractivity contribution in [3.63, 3.8) is 0 Å². The zero-order valence-corrected chi connectivity index (χ0v) is 14.9. The number of benzene rings is 1. The highest BCUT2D eigenvalue weighted by atomic mass is 19.1. The summed E-state index contributed by atoms with van der Waals surface area (Å²) in [4.78, 5) is 35.4. The number of halogens is 1. The summed E-state index contributed by atoms with van der Waals surface area (Å²) >= 11 is 0. The molecule has 0 N–H and O–H groups in total. The molecule has 8 nitrogen and oxygen atoms in total. The fourth-order valence-electron chi connectivity index (χ4n) is 3.23. The second-order valence-electron chi connectivity index (χ2n) is 6.43. The second-order valence-corrected chi connectivity index (χ2v) is 6.43. The first-order chi connectivity index (χ1) is 13.0. The van der Waals surface area contributed by atoms with E-state index in [-0.39, 0.29) is 19.5 Å². The van der Waals surface area contributed by atoms with E-state index < -0.39 is 17.9 Å². The lowest BCUT2D eigenvalue weighted by Gasteiger charge is -2.14. The van der Waals surface area contributed by atoms with Crippen LogP contribution in [0.5, 0.6) is 5.75 Å². The van der Waals surface area contributed by atoms with Crippen LogP contribution in [0.1, 0.15) is 6.42 Å². The largest absolute Gasteiger partial charge is 0.497 e. The monoisotopic (exact) mass is 371 g/mol. The Hall–Kier alpha value is -3.23. The van der Waals surface area contributed by atoms with Gasteiger partial charge in [0.15, 0.2) is 11.5 Å². The van der Waals surface area contributed by atoms with Gasteiger partial charge in [0, 0.05) is 19.2 Å². The van der Waals surface area contributed by atoms with Crippen LogP contribution in [0.25, 0.3) is 22.6 Å². The maximum absolute atomic E-state index is 13.5. The van der Waals surface area contributed by atoms with E-state index in [0.29, 0.717) is 22.7 Å². The van der Waals surface area contributed by atoms with Crippen LogP contribution in [0.3, 0.4) is 0 Å². The Morgan fingerprint density at radius 2 is 2.19 bits per heavy atom. The van der Waals surface area contributed by atoms with Crippen LogP contribution >= 0.6 is 0 Å². The number of likely N-dealkylation sites (tertiary alicyclic amines) is 1. The summed E-state index contributed by atoms with van der Waals surface area (Å²) in [5.74, 6) is 1.07. The minimum atomic E-state index is -1.06. The summed E-state index contributed by atoms with van der Waals surface area (Å²) < 4.78 is 21.0. The molecule has 9 heteroatoms. The highest BCUT2D eigenvalue weighted by Crippen LogP contribution is 2.22. The molecular weight excluding hydrogens is 353 g/mol. The fraction of sp³-hybridized carbons (Fsp3) is 0.333. The van der Waals surface area contributed by atoms with Gasteiger partial charge in [-0.1, -0.05) is 12.1 Å². The number of aromatic nitrogens is 4. The summed E-state index contributed by atoms with van der Waals surface area (Å²) in [7, 11) is 3.11. The molecule has 0 saturated carbocycles. The quantitative estimate of drug-likeness (QED) is 0.686. The van der Waals surface area contributed by atoms with E-state index in [9.17, 15) is 14.0 Å². The topological polar surface area (TPSA) is 82.2 Å². The molecule has 0 spiro atoms. The number of carbonyl (C=O) groups excluding carboxylic acids is 1. The number of nitrogens with zero attached hydrogens (tertiary/aromatic N) is 5. The van der Waals surface area contributed by atoms with Crippen molar-refractivity contribution in [3.05, 3.63) is 40.9 Å². The molecule has 27 heavy (non-hydrogen) atoms. The molecule has 0 unspecified atom stereocenters. The van der Waals surface area contributed by atoms with Crippen molar-refractivity contribution in [3.8, 4) is 17.1 Å². The Labute approximate surface area is 153 Å². The summed E-state index contributed by atoms with van der Waals surface area (Å²) in [5, 5.41) is 0. The second kappa shape index (κ2) is 6.49. The average molecular weight is 371 g/mol. The normalized spacial score (nSPS) is 16.9. The number of aryl methyl sites for hydroxylation is 1. The van der Waals surface area contributed by atoms with Crippen molar-refractivity contribution in [2.75, 3.05) is 20.2 Å². The molecule has 0 bridgehead atoms. The molecule has 1 aromatic carbocycles. The first-order valence-electron chi connectivity index (χ1n) is 8.52. The maximum atomic E-state index is 13.5. The third-order valence-electron chi connectivity index (χ3n) is 4.71. The van der Waals surface area contributed by atoms with Crippen LogP contribution in [0.4, 0.5) is 9.18 Å². The van der Waals surface area contributed by atoms with E-state index in [1.54, 1.807) is 26.3 Å². The number of amides is 1. The van der Waals surface area contributed by atoms with Gasteiger partial charge >= 0.3 is 11.7 Å². The number of ether oxygens (including phenoxy) is 1. The molecule has 4 rings (SSSR count). The number of rotatable bonds is 2. The lowest BCUT2D eigenvalue weighted by molar-refractivity contribution is 0.206. The van der Waals surface area contributed by atoms with Crippen LogP contribution < -0.4 is 10.4 Å². The van der Waals surface area contributed by atoms with Gasteiger partial charge in [-0.3, -0.25) is 4.57 Å². The molecule has 1 amide bonds. The van der Waals surface area contributed by atoms with Gasteiger partial charge in [0.25, 0.3) is 0 Å². The predicted molar refractivity (Wildman–Crippen MR) is 96.6 cm³/mol. The van der Waals surface area contributed by atoms with Gasteiger partial charge < -0.3 is 9.64 Å². The van der Waals surface area contributed by atoms with E-state index in [0.717, 1.165) is 10.1 Å². The van der Waals surface area contributed by atoms with E-state index in [1.807, 2.05) is 12.1 Å². The summed E-state index contributed by atoms with van der Waals surface area (Å²) in [6.45, 7) is 0.274. The molecule has 2 aromatic heterocycles. The smallest absolute Gasteiger partial charge is 0.338 e. The number of alkyl halides is 1. The van der Waals surface area contributed by atoms with E-state index in [2.05, 4.69) is 9.97 Å². The molecule has 1 atom stereocenters. The fourth-order valence-corrected chi connectivity index (χ4v) is 3.23. The first-order valence-corrected chi connectivity index (χ1v) is 8.52. The highest BCUT2D eigenvalue weighted by Gasteiger charge is 2.30. The Morgan fingerprint density at radius 1 is 1.37 bits per heavy atom. The molecule has 3 heterocycles. The van der Waals surface area contributed by atoms with Gasteiger partial charge in [-0.2, -0.15) is 0 Å². The molecule has 0 radical (unpaired) electrons.